The van der Waals surface area contributed by atoms with Crippen molar-refractivity contribution in [3.05, 3.63) is 72.4 Å². The summed E-state index contributed by atoms with van der Waals surface area (Å²) in [7, 11) is 1.63. The molecule has 1 aromatic heterocycles. The molecule has 0 aliphatic rings. The summed E-state index contributed by atoms with van der Waals surface area (Å²) in [6.07, 6.45) is 3.89. The molecule has 0 bridgehead atoms. The molecule has 3 rings (SSSR count). The molecule has 2 amide bonds. The summed E-state index contributed by atoms with van der Waals surface area (Å²) in [5.74, 6) is 1.38. The summed E-state index contributed by atoms with van der Waals surface area (Å²) < 4.78 is 0. The maximum absolute atomic E-state index is 11.2. The van der Waals surface area contributed by atoms with Crippen LogP contribution < -0.4 is 10.6 Å². The molecule has 1 radical (unpaired) electrons. The lowest BCUT2D eigenvalue weighted by molar-refractivity contribution is 0.255. The van der Waals surface area contributed by atoms with E-state index in [-0.39, 0.29) is 0 Å². The monoisotopic (exact) mass is 334 g/mol. The molecule has 6 nitrogen and oxygen atoms in total. The summed E-state index contributed by atoms with van der Waals surface area (Å²) in [5.41, 5.74) is 8.16. The van der Waals surface area contributed by atoms with Crippen LogP contribution in [0, 0.1) is 6.42 Å². The van der Waals surface area contributed by atoms with Gasteiger partial charge in [-0.2, -0.15) is 5.10 Å². The number of nitrogens with two attached hydrogens (primary N) is 1. The Morgan fingerprint density at radius 2 is 1.88 bits per heavy atom. The van der Waals surface area contributed by atoms with Crippen LogP contribution in [0.1, 0.15) is 17.8 Å². The number of rotatable bonds is 6. The number of aromatic amines is 1. The topological polar surface area (TPSA) is 87.9 Å². The van der Waals surface area contributed by atoms with Crippen LogP contribution in [0.2, 0.25) is 0 Å². The van der Waals surface area contributed by atoms with Gasteiger partial charge in [0.2, 0.25) is 0 Å². The van der Waals surface area contributed by atoms with Gasteiger partial charge < -0.3 is 5.73 Å². The van der Waals surface area contributed by atoms with Crippen molar-refractivity contribution < 1.29 is 4.79 Å². The van der Waals surface area contributed by atoms with E-state index >= 15 is 0 Å². The van der Waals surface area contributed by atoms with Gasteiger partial charge in [0.05, 0.1) is 0 Å². The van der Waals surface area contributed by atoms with Crippen molar-refractivity contribution in [1.82, 2.24) is 15.2 Å². The number of nitrogens with one attached hydrogen (secondary N) is 1. The fourth-order valence-corrected chi connectivity index (χ4v) is 2.48. The number of amides is 2. The lowest BCUT2D eigenvalue weighted by atomic mass is 10.1. The molecular weight excluding hydrogens is 314 g/mol. The molecule has 3 aromatic rings. The predicted octanol–water partition coefficient (Wildman–Crippen LogP) is 3.17. The molecule has 0 saturated heterocycles. The molecule has 0 atom stereocenters. The molecule has 0 spiro atoms. The zero-order valence-corrected chi connectivity index (χ0v) is 14.0. The number of hydrogen-bond donors (Lipinski definition) is 2. The second-order valence-electron chi connectivity index (χ2n) is 5.72. The third kappa shape index (κ3) is 4.23. The van der Waals surface area contributed by atoms with Crippen LogP contribution in [0.4, 0.5) is 10.5 Å². The van der Waals surface area contributed by atoms with Gasteiger partial charge in [-0.05, 0) is 42.7 Å². The second-order valence-corrected chi connectivity index (χ2v) is 5.72. The average Bonchev–Trinajstić information content (AvgIpc) is 3.11. The number of aromatic nitrogens is 3. The molecule has 6 heteroatoms. The highest BCUT2D eigenvalue weighted by Gasteiger charge is 2.09. The number of anilines is 1. The smallest absolute Gasteiger partial charge is 0.318 e. The minimum absolute atomic E-state index is 0.499. The van der Waals surface area contributed by atoms with Crippen LogP contribution in [0.25, 0.3) is 11.4 Å². The molecule has 3 N–H and O–H groups in total. The number of carbonyl (C=O) groups excluding carboxylic acids is 1. The normalized spacial score (nSPS) is 10.6. The van der Waals surface area contributed by atoms with Gasteiger partial charge in [0, 0.05) is 24.7 Å². The predicted molar refractivity (Wildman–Crippen MR) is 98.0 cm³/mol. The third-order valence-corrected chi connectivity index (χ3v) is 3.96. The Kier molecular flexibility index (Phi) is 5.09. The Hall–Kier alpha value is -3.15. The van der Waals surface area contributed by atoms with Gasteiger partial charge >= 0.3 is 6.03 Å². The Labute approximate surface area is 146 Å². The van der Waals surface area contributed by atoms with Gasteiger partial charge in [0.15, 0.2) is 5.82 Å². The maximum atomic E-state index is 11.2. The molecule has 0 aliphatic carbocycles. The highest BCUT2D eigenvalue weighted by atomic mass is 16.2. The van der Waals surface area contributed by atoms with Crippen molar-refractivity contribution in [2.75, 3.05) is 11.9 Å². The first kappa shape index (κ1) is 16.7. The van der Waals surface area contributed by atoms with E-state index in [9.17, 15) is 4.79 Å². The zero-order valence-electron chi connectivity index (χ0n) is 14.0. The lowest BCUT2D eigenvalue weighted by Gasteiger charge is -2.13. The van der Waals surface area contributed by atoms with E-state index in [1.54, 1.807) is 7.05 Å². The molecule has 127 valence electrons. The summed E-state index contributed by atoms with van der Waals surface area (Å²) in [6.45, 7) is 0. The number of primary amides is 1. The summed E-state index contributed by atoms with van der Waals surface area (Å²) in [6, 6.07) is 17.2. The van der Waals surface area contributed by atoms with E-state index < -0.39 is 6.03 Å². The molecule has 1 heterocycles. The number of urea groups is 1. The molecule has 0 fully saturated rings. The molecule has 2 aromatic carbocycles. The number of hydrogen-bond acceptors (Lipinski definition) is 3. The van der Waals surface area contributed by atoms with E-state index in [4.69, 9.17) is 5.73 Å². The van der Waals surface area contributed by atoms with Gasteiger partial charge in [0.25, 0.3) is 0 Å². The maximum Gasteiger partial charge on any atom is 0.318 e. The fraction of sp³-hybridized carbons (Fsp3) is 0.158. The first-order valence-electron chi connectivity index (χ1n) is 8.06. The van der Waals surface area contributed by atoms with Crippen LogP contribution in [0.15, 0.2) is 54.6 Å². The van der Waals surface area contributed by atoms with E-state index in [0.29, 0.717) is 5.82 Å². The molecule has 0 saturated carbocycles. The number of aryl methyl sites for hydroxylation is 1. The van der Waals surface area contributed by atoms with Gasteiger partial charge in [-0.3, -0.25) is 10.00 Å². The summed E-state index contributed by atoms with van der Waals surface area (Å²) >= 11 is 0. The van der Waals surface area contributed by atoms with Crippen molar-refractivity contribution in [3.8, 4) is 11.4 Å². The highest BCUT2D eigenvalue weighted by Crippen LogP contribution is 2.20. The Morgan fingerprint density at radius 1 is 1.16 bits per heavy atom. The van der Waals surface area contributed by atoms with Crippen molar-refractivity contribution in [1.29, 1.82) is 0 Å². The van der Waals surface area contributed by atoms with Crippen molar-refractivity contribution in [3.63, 3.8) is 0 Å². The van der Waals surface area contributed by atoms with E-state index in [1.165, 1.54) is 10.5 Å². The van der Waals surface area contributed by atoms with Crippen molar-refractivity contribution in [2.24, 2.45) is 5.73 Å². The second kappa shape index (κ2) is 7.61. The van der Waals surface area contributed by atoms with E-state index in [1.807, 2.05) is 48.9 Å². The Morgan fingerprint density at radius 3 is 2.56 bits per heavy atom. The van der Waals surface area contributed by atoms with Crippen molar-refractivity contribution in [2.45, 2.75) is 12.8 Å². The van der Waals surface area contributed by atoms with E-state index in [0.717, 1.165) is 29.9 Å². The molecule has 0 aliphatic heterocycles. The number of nitrogens with zero attached hydrogens (tertiary/aromatic N) is 3. The van der Waals surface area contributed by atoms with Crippen LogP contribution in [0.3, 0.4) is 0 Å². The third-order valence-electron chi connectivity index (χ3n) is 3.96. The number of benzene rings is 2. The lowest BCUT2D eigenvalue weighted by Crippen LogP contribution is -2.31. The first-order chi connectivity index (χ1) is 12.1. The van der Waals surface area contributed by atoms with Gasteiger partial charge in [-0.25, -0.2) is 9.78 Å². The van der Waals surface area contributed by atoms with Crippen molar-refractivity contribution >= 4 is 11.7 Å². The van der Waals surface area contributed by atoms with E-state index in [2.05, 4.69) is 27.3 Å². The highest BCUT2D eigenvalue weighted by molar-refractivity contribution is 5.90. The van der Waals surface area contributed by atoms with Crippen LogP contribution in [-0.4, -0.2) is 28.3 Å². The summed E-state index contributed by atoms with van der Waals surface area (Å²) in [5, 5.41) is 7.19. The average molecular weight is 334 g/mol. The summed E-state index contributed by atoms with van der Waals surface area (Å²) in [4.78, 5) is 17.0. The largest absolute Gasteiger partial charge is 0.351 e. The van der Waals surface area contributed by atoms with Crippen LogP contribution >= 0.6 is 0 Å². The minimum atomic E-state index is -0.499. The standard InChI is InChI=1S/C19H20N5O/c1-24(19(20)25)16-12-10-15(11-13-16)18-21-17(22-23-18)9-5-8-14-6-3-2-4-7-14/h2-4,6-7,9-13H,5,8H2,1H3,(H2,20,25)(H,21,22,23). The molecular formula is C19H20N5O. The van der Waals surface area contributed by atoms with Gasteiger partial charge in [-0.1, -0.05) is 30.3 Å². The van der Waals surface area contributed by atoms with Gasteiger partial charge in [0.1, 0.15) is 5.82 Å². The number of carbonyl (C=O) groups is 1. The Balaban J connectivity index is 1.60. The number of H-pyrrole nitrogens is 1. The molecule has 0 unspecified atom stereocenters. The van der Waals surface area contributed by atoms with Gasteiger partial charge in [-0.15, -0.1) is 0 Å². The Bertz CT molecular complexity index is 827. The van der Waals surface area contributed by atoms with Crippen LogP contribution in [0.5, 0.6) is 0 Å². The molecule has 25 heavy (non-hydrogen) atoms. The minimum Gasteiger partial charge on any atom is -0.351 e. The van der Waals surface area contributed by atoms with Crippen LogP contribution in [-0.2, 0) is 6.42 Å². The quantitative estimate of drug-likeness (QED) is 0.726. The SMILES string of the molecule is CN(C(N)=O)c1ccc(-c2n[nH]c([CH]CCc3ccccc3)n2)cc1. The first-order valence-corrected chi connectivity index (χ1v) is 8.06. The zero-order chi connectivity index (χ0) is 17.6. The fourth-order valence-electron chi connectivity index (χ4n) is 2.48.